The Labute approximate surface area is 120 Å². The molecule has 0 bridgehead atoms. The van der Waals surface area contributed by atoms with Crippen molar-refractivity contribution in [2.24, 2.45) is 0 Å². The van der Waals surface area contributed by atoms with E-state index < -0.39 is 12.1 Å². The Balaban J connectivity index is 2.34. The fourth-order valence-corrected chi connectivity index (χ4v) is 1.72. The summed E-state index contributed by atoms with van der Waals surface area (Å²) in [5, 5.41) is 2.65. The number of aromatic nitrogens is 2. The van der Waals surface area contributed by atoms with Crippen LogP contribution in [-0.4, -0.2) is 16.3 Å². The molecule has 2 aromatic rings. The minimum absolute atomic E-state index is 0.0633. The molecule has 1 heterocycles. The van der Waals surface area contributed by atoms with Crippen molar-refractivity contribution in [3.05, 3.63) is 35.1 Å². The second-order valence-corrected chi connectivity index (χ2v) is 4.52. The van der Waals surface area contributed by atoms with E-state index in [9.17, 15) is 13.2 Å². The van der Waals surface area contributed by atoms with Crippen molar-refractivity contribution in [3.8, 4) is 5.75 Å². The molecule has 0 aliphatic rings. The third kappa shape index (κ3) is 3.73. The number of nitrogens with one attached hydrogen (secondary N) is 1. The van der Waals surface area contributed by atoms with Crippen molar-refractivity contribution in [2.75, 3.05) is 11.1 Å². The molecule has 0 unspecified atom stereocenters. The number of anilines is 3. The molecule has 1 aromatic carbocycles. The molecular weight excluding hydrogens is 341 g/mol. The summed E-state index contributed by atoms with van der Waals surface area (Å²) in [7, 11) is 0. The van der Waals surface area contributed by atoms with Crippen LogP contribution < -0.4 is 15.8 Å². The molecule has 0 fully saturated rings. The van der Waals surface area contributed by atoms with Gasteiger partial charge < -0.3 is 15.8 Å². The second-order valence-electron chi connectivity index (χ2n) is 3.60. The molecule has 0 amide bonds. The maximum Gasteiger partial charge on any atom is 0.573 e. The number of nitrogens with zero attached hydrogens (tertiary/aromatic N) is 2. The Morgan fingerprint density at radius 3 is 2.55 bits per heavy atom. The van der Waals surface area contributed by atoms with E-state index in [-0.39, 0.29) is 17.3 Å². The predicted molar refractivity (Wildman–Crippen MR) is 70.6 cm³/mol. The Morgan fingerprint density at radius 2 is 1.90 bits per heavy atom. The first-order valence-corrected chi connectivity index (χ1v) is 6.03. The van der Waals surface area contributed by atoms with Crippen LogP contribution >= 0.6 is 15.9 Å². The van der Waals surface area contributed by atoms with Crippen LogP contribution in [0.2, 0.25) is 0 Å². The molecule has 5 nitrogen and oxygen atoms in total. The van der Waals surface area contributed by atoms with Crippen LogP contribution in [0.1, 0.15) is 0 Å². The first-order chi connectivity index (χ1) is 9.35. The Kier molecular flexibility index (Phi) is 3.98. The lowest BCUT2D eigenvalue weighted by molar-refractivity contribution is -0.274. The normalized spacial score (nSPS) is 11.2. The molecule has 0 saturated heterocycles. The lowest BCUT2D eigenvalue weighted by atomic mass is 10.3. The highest BCUT2D eigenvalue weighted by atomic mass is 79.9. The fraction of sp³-hybridized carbons (Fsp3) is 0.0909. The Morgan fingerprint density at radius 1 is 1.20 bits per heavy atom. The lowest BCUT2D eigenvalue weighted by Gasteiger charge is -2.15. The summed E-state index contributed by atoms with van der Waals surface area (Å²) in [6.07, 6.45) is -2.07. The molecule has 20 heavy (non-hydrogen) atoms. The van der Waals surface area contributed by atoms with E-state index in [0.717, 1.165) is 0 Å². The molecule has 0 radical (unpaired) electrons. The topological polar surface area (TPSA) is 73.1 Å². The van der Waals surface area contributed by atoms with Gasteiger partial charge in [0.05, 0.1) is 5.69 Å². The molecule has 0 saturated carbocycles. The third-order valence-corrected chi connectivity index (χ3v) is 2.64. The van der Waals surface area contributed by atoms with Crippen LogP contribution in [0.25, 0.3) is 0 Å². The van der Waals surface area contributed by atoms with E-state index in [2.05, 4.69) is 36.0 Å². The smallest absolute Gasteiger partial charge is 0.404 e. The number of rotatable bonds is 3. The zero-order chi connectivity index (χ0) is 14.8. The summed E-state index contributed by atoms with van der Waals surface area (Å²) in [5.41, 5.74) is 5.63. The Hall–Kier alpha value is -2.03. The molecule has 106 valence electrons. The number of halogens is 4. The summed E-state index contributed by atoms with van der Waals surface area (Å²) in [6.45, 7) is 0. The number of ether oxygens (including phenoxy) is 1. The van der Waals surface area contributed by atoms with Gasteiger partial charge in [0.1, 0.15) is 0 Å². The number of nitrogen functional groups attached to an aromatic ring is 1. The summed E-state index contributed by atoms with van der Waals surface area (Å²) in [6, 6.07) is 4.14. The van der Waals surface area contributed by atoms with Crippen LogP contribution in [0.15, 0.2) is 35.1 Å². The number of hydrogen-bond acceptors (Lipinski definition) is 5. The summed E-state index contributed by atoms with van der Waals surface area (Å²) in [4.78, 5) is 7.66. The molecule has 3 N–H and O–H groups in total. The van der Waals surface area contributed by atoms with Crippen molar-refractivity contribution >= 4 is 33.3 Å². The van der Waals surface area contributed by atoms with Gasteiger partial charge in [-0.05, 0) is 18.2 Å². The largest absolute Gasteiger partial charge is 0.573 e. The van der Waals surface area contributed by atoms with Gasteiger partial charge >= 0.3 is 6.36 Å². The Bertz CT molecular complexity index is 621. The molecule has 0 spiro atoms. The standard InChI is InChI=1S/C11H8BrF3N4O/c12-6-1-2-7(8(5-6)20-11(13,14)15)19-10-9(16)17-3-4-18-10/h1-5H,(H2,16,17)(H,18,19). The monoisotopic (exact) mass is 348 g/mol. The van der Waals surface area contributed by atoms with E-state index in [1.165, 1.54) is 24.5 Å². The van der Waals surface area contributed by atoms with Crippen LogP contribution in [0.3, 0.4) is 0 Å². The highest BCUT2D eigenvalue weighted by molar-refractivity contribution is 9.10. The maximum atomic E-state index is 12.4. The van der Waals surface area contributed by atoms with Crippen LogP contribution in [-0.2, 0) is 0 Å². The molecule has 0 aliphatic carbocycles. The van der Waals surface area contributed by atoms with Gasteiger partial charge in [0.15, 0.2) is 17.4 Å². The fourth-order valence-electron chi connectivity index (χ4n) is 1.38. The SMILES string of the molecule is Nc1nccnc1Nc1ccc(Br)cc1OC(F)(F)F. The van der Waals surface area contributed by atoms with Crippen molar-refractivity contribution in [1.29, 1.82) is 0 Å². The number of benzene rings is 1. The van der Waals surface area contributed by atoms with Crippen LogP contribution in [0.5, 0.6) is 5.75 Å². The highest BCUT2D eigenvalue weighted by Gasteiger charge is 2.32. The van der Waals surface area contributed by atoms with Crippen LogP contribution in [0, 0.1) is 0 Å². The second kappa shape index (κ2) is 5.53. The number of nitrogens with two attached hydrogens (primary N) is 1. The lowest BCUT2D eigenvalue weighted by Crippen LogP contribution is -2.18. The van der Waals surface area contributed by atoms with E-state index in [1.54, 1.807) is 6.07 Å². The van der Waals surface area contributed by atoms with E-state index in [0.29, 0.717) is 4.47 Å². The molecule has 9 heteroatoms. The average molecular weight is 349 g/mol. The van der Waals surface area contributed by atoms with E-state index in [1.807, 2.05) is 0 Å². The first-order valence-electron chi connectivity index (χ1n) is 5.24. The van der Waals surface area contributed by atoms with Crippen molar-refractivity contribution < 1.29 is 17.9 Å². The third-order valence-electron chi connectivity index (χ3n) is 2.15. The van der Waals surface area contributed by atoms with Gasteiger partial charge in [-0.1, -0.05) is 15.9 Å². The highest BCUT2D eigenvalue weighted by Crippen LogP contribution is 2.34. The minimum Gasteiger partial charge on any atom is -0.404 e. The zero-order valence-corrected chi connectivity index (χ0v) is 11.4. The average Bonchev–Trinajstić information content (AvgIpc) is 2.33. The van der Waals surface area contributed by atoms with E-state index >= 15 is 0 Å². The van der Waals surface area contributed by atoms with Gasteiger partial charge in [-0.2, -0.15) is 0 Å². The van der Waals surface area contributed by atoms with Gasteiger partial charge in [0.2, 0.25) is 0 Å². The predicted octanol–water partition coefficient (Wildman–Crippen LogP) is 3.46. The van der Waals surface area contributed by atoms with Gasteiger partial charge in [-0.15, -0.1) is 13.2 Å². The van der Waals surface area contributed by atoms with Gasteiger partial charge in [0.25, 0.3) is 0 Å². The molecule has 2 rings (SSSR count). The number of hydrogen-bond donors (Lipinski definition) is 2. The molecule has 0 aliphatic heterocycles. The van der Waals surface area contributed by atoms with E-state index in [4.69, 9.17) is 5.73 Å². The maximum absolute atomic E-state index is 12.4. The van der Waals surface area contributed by atoms with Gasteiger partial charge in [0, 0.05) is 16.9 Å². The van der Waals surface area contributed by atoms with Crippen molar-refractivity contribution in [2.45, 2.75) is 6.36 Å². The van der Waals surface area contributed by atoms with Gasteiger partial charge in [-0.25, -0.2) is 9.97 Å². The van der Waals surface area contributed by atoms with Gasteiger partial charge in [-0.3, -0.25) is 0 Å². The molecule has 0 atom stereocenters. The number of alkyl halides is 3. The molecule has 1 aromatic heterocycles. The minimum atomic E-state index is -4.80. The summed E-state index contributed by atoms with van der Waals surface area (Å²) >= 11 is 3.08. The van der Waals surface area contributed by atoms with Crippen molar-refractivity contribution in [3.63, 3.8) is 0 Å². The summed E-state index contributed by atoms with van der Waals surface area (Å²) < 4.78 is 41.4. The molecular formula is C11H8BrF3N4O. The van der Waals surface area contributed by atoms with Crippen LogP contribution in [0.4, 0.5) is 30.5 Å². The quantitative estimate of drug-likeness (QED) is 0.888. The zero-order valence-electron chi connectivity index (χ0n) is 9.78. The summed E-state index contributed by atoms with van der Waals surface area (Å²) in [5.74, 6) is -0.202. The first kappa shape index (κ1) is 14.4. The van der Waals surface area contributed by atoms with Crippen molar-refractivity contribution in [1.82, 2.24) is 9.97 Å².